The van der Waals surface area contributed by atoms with Crippen molar-refractivity contribution in [2.75, 3.05) is 27.2 Å². The lowest BCUT2D eigenvalue weighted by Crippen LogP contribution is -2.42. The summed E-state index contributed by atoms with van der Waals surface area (Å²) in [5.74, 6) is -0.792. The van der Waals surface area contributed by atoms with Crippen LogP contribution in [0.5, 0.6) is 5.88 Å². The highest BCUT2D eigenvalue weighted by atomic mass is 35.5. The maximum absolute atomic E-state index is 13.5. The van der Waals surface area contributed by atoms with Crippen LogP contribution in [0.4, 0.5) is 0 Å². The van der Waals surface area contributed by atoms with Crippen molar-refractivity contribution in [1.29, 1.82) is 10.5 Å². The van der Waals surface area contributed by atoms with Crippen LogP contribution in [0.15, 0.2) is 54.6 Å². The number of rotatable bonds is 5. The number of carbonyl (C=O) groups is 2. The Balaban J connectivity index is 1.67. The lowest BCUT2D eigenvalue weighted by Gasteiger charge is -2.29. The number of methoxy groups -OCH3 is 1. The maximum atomic E-state index is 13.5. The lowest BCUT2D eigenvalue weighted by atomic mass is 9.93. The number of aromatic nitrogens is 1. The molecule has 37 heavy (non-hydrogen) atoms. The van der Waals surface area contributed by atoms with E-state index in [1.807, 2.05) is 18.2 Å². The van der Waals surface area contributed by atoms with Crippen LogP contribution >= 0.6 is 23.2 Å². The monoisotopic (exact) mass is 533 g/mol. The lowest BCUT2D eigenvalue weighted by molar-refractivity contribution is 0.0691. The summed E-state index contributed by atoms with van der Waals surface area (Å²) in [5.41, 5.74) is 2.07. The first kappa shape index (κ1) is 26.0. The van der Waals surface area contributed by atoms with Gasteiger partial charge in [0, 0.05) is 31.6 Å². The molecule has 1 unspecified atom stereocenters. The number of likely N-dealkylation sites (tertiary alicyclic amines) is 1. The van der Waals surface area contributed by atoms with Gasteiger partial charge in [-0.2, -0.15) is 10.5 Å². The van der Waals surface area contributed by atoms with Gasteiger partial charge < -0.3 is 14.5 Å². The molecule has 1 aliphatic heterocycles. The van der Waals surface area contributed by atoms with E-state index < -0.39 is 6.04 Å². The predicted octanol–water partition coefficient (Wildman–Crippen LogP) is 4.52. The number of carbonyl (C=O) groups excluding carboxylic acids is 2. The fourth-order valence-corrected chi connectivity index (χ4v) is 4.72. The van der Waals surface area contributed by atoms with Gasteiger partial charge >= 0.3 is 0 Å². The van der Waals surface area contributed by atoms with Crippen molar-refractivity contribution in [2.24, 2.45) is 0 Å². The molecule has 2 atom stereocenters. The zero-order valence-corrected chi connectivity index (χ0v) is 21.5. The Kier molecular flexibility index (Phi) is 7.63. The SMILES string of the molecule is COc1nc(C(=O)N(C)[C@@H]2CN(C(=O)c3ccc(C#N)cc3)CC2c2ccc(Cl)c(Cl)c2)ccc1C#N. The first-order valence-electron chi connectivity index (χ1n) is 11.2. The van der Waals surface area contributed by atoms with E-state index in [0.29, 0.717) is 27.7 Å². The zero-order valence-electron chi connectivity index (χ0n) is 20.0. The summed E-state index contributed by atoms with van der Waals surface area (Å²) in [6.07, 6.45) is 0. The molecule has 1 aromatic heterocycles. The molecule has 0 bridgehead atoms. The number of nitriles is 2. The molecule has 1 aliphatic rings. The van der Waals surface area contributed by atoms with Crippen LogP contribution in [-0.2, 0) is 0 Å². The highest BCUT2D eigenvalue weighted by molar-refractivity contribution is 6.42. The molecular weight excluding hydrogens is 513 g/mol. The molecule has 2 heterocycles. The second-order valence-corrected chi connectivity index (χ2v) is 9.34. The fourth-order valence-electron chi connectivity index (χ4n) is 4.42. The highest BCUT2D eigenvalue weighted by Gasteiger charge is 2.41. The number of pyridine rings is 1. The summed E-state index contributed by atoms with van der Waals surface area (Å²) in [6, 6.07) is 18.3. The van der Waals surface area contributed by atoms with E-state index in [0.717, 1.165) is 5.56 Å². The van der Waals surface area contributed by atoms with Crippen LogP contribution in [-0.4, -0.2) is 59.9 Å². The topological polar surface area (TPSA) is 110 Å². The standard InChI is InChI=1S/C27H21Cl2N5O3/c1-33(27(36)23-10-8-19(13-31)25(32-23)37-2)24-15-34(26(35)17-5-3-16(12-30)4-6-17)14-20(24)18-7-9-21(28)22(29)11-18/h3-11,20,24H,14-15H2,1-2H3/t20?,24-/m1/s1. The van der Waals surface area contributed by atoms with E-state index in [-0.39, 0.29) is 41.4 Å². The summed E-state index contributed by atoms with van der Waals surface area (Å²) in [6.45, 7) is 0.600. The Morgan fingerprint density at radius 3 is 2.38 bits per heavy atom. The van der Waals surface area contributed by atoms with Crippen LogP contribution in [0.25, 0.3) is 0 Å². The molecule has 0 spiro atoms. The van der Waals surface area contributed by atoms with Crippen molar-refractivity contribution in [3.63, 3.8) is 0 Å². The molecule has 10 heteroatoms. The second-order valence-electron chi connectivity index (χ2n) is 8.53. The number of hydrogen-bond donors (Lipinski definition) is 0. The second kappa shape index (κ2) is 10.9. The van der Waals surface area contributed by atoms with E-state index in [4.69, 9.17) is 33.2 Å². The van der Waals surface area contributed by atoms with E-state index in [2.05, 4.69) is 4.98 Å². The summed E-state index contributed by atoms with van der Waals surface area (Å²) < 4.78 is 5.16. The maximum Gasteiger partial charge on any atom is 0.272 e. The van der Waals surface area contributed by atoms with Crippen molar-refractivity contribution in [3.8, 4) is 18.0 Å². The molecule has 4 rings (SSSR count). The van der Waals surface area contributed by atoms with E-state index >= 15 is 0 Å². The van der Waals surface area contributed by atoms with Crippen molar-refractivity contribution in [2.45, 2.75) is 12.0 Å². The quantitative estimate of drug-likeness (QED) is 0.476. The molecule has 0 saturated carbocycles. The molecule has 0 aliphatic carbocycles. The molecule has 0 radical (unpaired) electrons. The zero-order chi connectivity index (χ0) is 26.7. The average Bonchev–Trinajstić information content (AvgIpc) is 3.38. The number of likely N-dealkylation sites (N-methyl/N-ethyl adjacent to an activating group) is 1. The van der Waals surface area contributed by atoms with Crippen LogP contribution in [0.3, 0.4) is 0 Å². The number of nitrogens with zero attached hydrogens (tertiary/aromatic N) is 5. The number of benzene rings is 2. The van der Waals surface area contributed by atoms with Gasteiger partial charge in [0.05, 0.1) is 34.8 Å². The predicted molar refractivity (Wildman–Crippen MR) is 138 cm³/mol. The molecule has 1 saturated heterocycles. The van der Waals surface area contributed by atoms with Crippen LogP contribution in [0, 0.1) is 22.7 Å². The summed E-state index contributed by atoms with van der Waals surface area (Å²) in [7, 11) is 3.03. The van der Waals surface area contributed by atoms with Gasteiger partial charge in [-0.1, -0.05) is 29.3 Å². The van der Waals surface area contributed by atoms with Crippen molar-refractivity contribution in [1.82, 2.24) is 14.8 Å². The first-order valence-corrected chi connectivity index (χ1v) is 12.0. The van der Waals surface area contributed by atoms with Gasteiger partial charge in [0.2, 0.25) is 5.88 Å². The highest BCUT2D eigenvalue weighted by Crippen LogP contribution is 2.35. The third-order valence-corrected chi connectivity index (χ3v) is 7.16. The molecule has 1 fully saturated rings. The smallest absolute Gasteiger partial charge is 0.272 e. The van der Waals surface area contributed by atoms with Crippen LogP contribution in [0.2, 0.25) is 10.0 Å². The van der Waals surface area contributed by atoms with Crippen LogP contribution < -0.4 is 4.74 Å². The van der Waals surface area contributed by atoms with E-state index in [1.54, 1.807) is 53.2 Å². The van der Waals surface area contributed by atoms with Gasteiger partial charge in [0.1, 0.15) is 17.3 Å². The Morgan fingerprint density at radius 2 is 1.76 bits per heavy atom. The molecule has 186 valence electrons. The Labute approximate surface area is 224 Å². The Bertz CT molecular complexity index is 1450. The van der Waals surface area contributed by atoms with E-state index in [1.165, 1.54) is 19.2 Å². The first-order chi connectivity index (χ1) is 17.8. The molecule has 8 nitrogen and oxygen atoms in total. The number of ether oxygens (including phenoxy) is 1. The largest absolute Gasteiger partial charge is 0.480 e. The molecule has 0 N–H and O–H groups in total. The Hall–Kier alpha value is -4.11. The van der Waals surface area contributed by atoms with Crippen molar-refractivity contribution in [3.05, 3.63) is 92.6 Å². The van der Waals surface area contributed by atoms with Gasteiger partial charge in [-0.15, -0.1) is 0 Å². The average molecular weight is 534 g/mol. The van der Waals surface area contributed by atoms with Gasteiger partial charge in [-0.3, -0.25) is 9.59 Å². The third kappa shape index (κ3) is 5.22. The van der Waals surface area contributed by atoms with Crippen molar-refractivity contribution >= 4 is 35.0 Å². The molecule has 2 amide bonds. The minimum Gasteiger partial charge on any atom is -0.480 e. The van der Waals surface area contributed by atoms with Crippen LogP contribution in [0.1, 0.15) is 43.5 Å². The minimum atomic E-state index is -0.407. The fraction of sp³-hybridized carbons (Fsp3) is 0.222. The summed E-state index contributed by atoms with van der Waals surface area (Å²) in [5, 5.41) is 19.1. The van der Waals surface area contributed by atoms with Crippen molar-refractivity contribution < 1.29 is 14.3 Å². The van der Waals surface area contributed by atoms with Gasteiger partial charge in [-0.25, -0.2) is 4.98 Å². The number of halogens is 2. The normalized spacial score (nSPS) is 16.5. The number of amides is 2. The summed E-state index contributed by atoms with van der Waals surface area (Å²) >= 11 is 12.4. The van der Waals surface area contributed by atoms with Gasteiger partial charge in [0.15, 0.2) is 0 Å². The summed E-state index contributed by atoms with van der Waals surface area (Å²) in [4.78, 5) is 34.2. The molecular formula is C27H21Cl2N5O3. The molecule has 3 aromatic rings. The number of hydrogen-bond acceptors (Lipinski definition) is 6. The minimum absolute atomic E-state index is 0.0619. The Morgan fingerprint density at radius 1 is 1.03 bits per heavy atom. The third-order valence-electron chi connectivity index (χ3n) is 6.42. The van der Waals surface area contributed by atoms with E-state index in [9.17, 15) is 14.9 Å². The van der Waals surface area contributed by atoms with Gasteiger partial charge in [-0.05, 0) is 54.1 Å². The molecule has 2 aromatic carbocycles. The van der Waals surface area contributed by atoms with Gasteiger partial charge in [0.25, 0.3) is 11.8 Å².